The summed E-state index contributed by atoms with van der Waals surface area (Å²) in [4.78, 5) is 4.33. The van der Waals surface area contributed by atoms with Crippen LogP contribution in [0.2, 0.25) is 0 Å². The molecule has 0 radical (unpaired) electrons. The molecular weight excluding hydrogens is 330 g/mol. The van der Waals surface area contributed by atoms with Gasteiger partial charge in [-0.25, -0.2) is 0 Å². The largest absolute Gasteiger partial charge is 0.497 e. The Hall–Kier alpha value is -2.57. The zero-order valence-electron chi connectivity index (χ0n) is 15.4. The molecule has 2 rings (SSSR count). The van der Waals surface area contributed by atoms with E-state index in [2.05, 4.69) is 10.3 Å². The normalized spacial score (nSPS) is 11.4. The minimum Gasteiger partial charge on any atom is -0.497 e. The number of rotatable bonds is 10. The first kappa shape index (κ1) is 19.8. The van der Waals surface area contributed by atoms with E-state index in [9.17, 15) is 0 Å². The van der Waals surface area contributed by atoms with Crippen LogP contribution in [-0.4, -0.2) is 33.3 Å². The standard InChI is InChI=1S/C20H27N3O3/c1-24-15-17-6-3-4-7-19(17)23-20(21)22-12-5-13-26-14-16-8-10-18(25-2)11-9-16/h3-4,6-11H,5,12-15H2,1-2H3,(H3,21,22,23). The molecule has 0 bridgehead atoms. The van der Waals surface area contributed by atoms with Gasteiger partial charge in [0.1, 0.15) is 5.75 Å². The number of hydrogen-bond acceptors (Lipinski definition) is 4. The fraction of sp³-hybridized carbons (Fsp3) is 0.350. The van der Waals surface area contributed by atoms with Crippen molar-refractivity contribution in [3.63, 3.8) is 0 Å². The van der Waals surface area contributed by atoms with Crippen molar-refractivity contribution in [2.24, 2.45) is 10.7 Å². The van der Waals surface area contributed by atoms with Crippen LogP contribution in [0.25, 0.3) is 0 Å². The second-order valence-corrected chi connectivity index (χ2v) is 5.74. The molecule has 0 spiro atoms. The van der Waals surface area contributed by atoms with Crippen LogP contribution in [0, 0.1) is 0 Å². The first-order chi connectivity index (χ1) is 12.7. The number of hydrogen-bond donors (Lipinski definition) is 2. The molecule has 0 heterocycles. The topological polar surface area (TPSA) is 78.1 Å². The average Bonchev–Trinajstić information content (AvgIpc) is 2.67. The number of ether oxygens (including phenoxy) is 3. The van der Waals surface area contributed by atoms with Crippen LogP contribution in [0.5, 0.6) is 5.75 Å². The quantitative estimate of drug-likeness (QED) is 0.388. The van der Waals surface area contributed by atoms with Gasteiger partial charge in [-0.05, 0) is 30.2 Å². The Bertz CT molecular complexity index is 687. The summed E-state index contributed by atoms with van der Waals surface area (Å²) < 4.78 is 16.0. The molecule has 3 N–H and O–H groups in total. The lowest BCUT2D eigenvalue weighted by atomic mass is 10.2. The maximum atomic E-state index is 5.95. The van der Waals surface area contributed by atoms with Crippen LogP contribution in [-0.2, 0) is 22.7 Å². The predicted molar refractivity (Wildman–Crippen MR) is 105 cm³/mol. The molecule has 0 aliphatic carbocycles. The number of nitrogens with zero attached hydrogens (tertiary/aromatic N) is 1. The van der Waals surface area contributed by atoms with E-state index in [1.807, 2.05) is 48.5 Å². The molecule has 0 fully saturated rings. The zero-order valence-corrected chi connectivity index (χ0v) is 15.4. The van der Waals surface area contributed by atoms with Gasteiger partial charge < -0.3 is 25.3 Å². The Morgan fingerprint density at radius 1 is 1.04 bits per heavy atom. The molecule has 0 aromatic heterocycles. The molecule has 0 saturated heterocycles. The summed E-state index contributed by atoms with van der Waals surface area (Å²) >= 11 is 0. The van der Waals surface area contributed by atoms with Gasteiger partial charge in [0.15, 0.2) is 5.96 Å². The second-order valence-electron chi connectivity index (χ2n) is 5.74. The fourth-order valence-corrected chi connectivity index (χ4v) is 2.38. The van der Waals surface area contributed by atoms with Crippen molar-refractivity contribution in [3.05, 3.63) is 59.7 Å². The highest BCUT2D eigenvalue weighted by atomic mass is 16.5. The van der Waals surface area contributed by atoms with Gasteiger partial charge in [-0.3, -0.25) is 4.99 Å². The minimum absolute atomic E-state index is 0.392. The molecule has 0 amide bonds. The van der Waals surface area contributed by atoms with Gasteiger partial charge in [-0.2, -0.15) is 0 Å². The zero-order chi connectivity index (χ0) is 18.6. The monoisotopic (exact) mass is 357 g/mol. The third kappa shape index (κ3) is 6.74. The number of benzene rings is 2. The van der Waals surface area contributed by atoms with Crippen molar-refractivity contribution in [3.8, 4) is 5.75 Å². The molecule has 140 valence electrons. The summed E-state index contributed by atoms with van der Waals surface area (Å²) in [6.07, 6.45) is 0.804. The van der Waals surface area contributed by atoms with Crippen molar-refractivity contribution in [2.45, 2.75) is 19.6 Å². The van der Waals surface area contributed by atoms with Crippen molar-refractivity contribution >= 4 is 11.6 Å². The Kier molecular flexibility index (Phi) is 8.45. The van der Waals surface area contributed by atoms with Crippen molar-refractivity contribution in [2.75, 3.05) is 32.7 Å². The maximum absolute atomic E-state index is 5.95. The van der Waals surface area contributed by atoms with E-state index in [1.54, 1.807) is 14.2 Å². The van der Waals surface area contributed by atoms with E-state index in [0.29, 0.717) is 32.3 Å². The van der Waals surface area contributed by atoms with Gasteiger partial charge >= 0.3 is 0 Å². The maximum Gasteiger partial charge on any atom is 0.193 e. The molecule has 6 nitrogen and oxygen atoms in total. The number of aliphatic imine (C=N–C) groups is 1. The smallest absolute Gasteiger partial charge is 0.193 e. The van der Waals surface area contributed by atoms with E-state index in [1.165, 1.54) is 0 Å². The predicted octanol–water partition coefficient (Wildman–Crippen LogP) is 3.18. The van der Waals surface area contributed by atoms with Crippen molar-refractivity contribution < 1.29 is 14.2 Å². The third-order valence-corrected chi connectivity index (χ3v) is 3.74. The summed E-state index contributed by atoms with van der Waals surface area (Å²) in [7, 11) is 3.32. The fourth-order valence-electron chi connectivity index (χ4n) is 2.38. The number of guanidine groups is 1. The first-order valence-electron chi connectivity index (χ1n) is 8.57. The van der Waals surface area contributed by atoms with Crippen LogP contribution in [0.1, 0.15) is 17.5 Å². The molecule has 2 aromatic carbocycles. The summed E-state index contributed by atoms with van der Waals surface area (Å²) in [6.45, 7) is 2.33. The molecule has 2 aromatic rings. The number of para-hydroxylation sites is 1. The highest BCUT2D eigenvalue weighted by molar-refractivity contribution is 5.92. The summed E-state index contributed by atoms with van der Waals surface area (Å²) in [5.74, 6) is 1.24. The molecule has 6 heteroatoms. The molecule has 0 atom stereocenters. The molecule has 0 aliphatic heterocycles. The first-order valence-corrected chi connectivity index (χ1v) is 8.57. The lowest BCUT2D eigenvalue weighted by molar-refractivity contribution is 0.120. The minimum atomic E-state index is 0.392. The van der Waals surface area contributed by atoms with E-state index >= 15 is 0 Å². The lowest BCUT2D eigenvalue weighted by Crippen LogP contribution is -2.23. The molecule has 0 saturated carbocycles. The lowest BCUT2D eigenvalue weighted by Gasteiger charge is -2.10. The number of nitrogens with one attached hydrogen (secondary N) is 1. The highest BCUT2D eigenvalue weighted by Crippen LogP contribution is 2.15. The van der Waals surface area contributed by atoms with Gasteiger partial charge in [0.05, 0.1) is 20.3 Å². The van der Waals surface area contributed by atoms with Crippen molar-refractivity contribution in [1.82, 2.24) is 0 Å². The summed E-state index contributed by atoms with van der Waals surface area (Å²) in [6, 6.07) is 15.7. The van der Waals surface area contributed by atoms with Crippen LogP contribution in [0.3, 0.4) is 0 Å². The average molecular weight is 357 g/mol. The Morgan fingerprint density at radius 2 is 1.81 bits per heavy atom. The summed E-state index contributed by atoms with van der Waals surface area (Å²) in [5, 5.41) is 3.12. The Morgan fingerprint density at radius 3 is 2.54 bits per heavy atom. The number of anilines is 1. The Balaban J connectivity index is 1.68. The van der Waals surface area contributed by atoms with Crippen LogP contribution in [0.4, 0.5) is 5.69 Å². The van der Waals surface area contributed by atoms with Gasteiger partial charge in [0, 0.05) is 31.5 Å². The molecule has 0 aliphatic rings. The van der Waals surface area contributed by atoms with Gasteiger partial charge in [-0.1, -0.05) is 30.3 Å². The van der Waals surface area contributed by atoms with Gasteiger partial charge in [0.25, 0.3) is 0 Å². The van der Waals surface area contributed by atoms with E-state index in [4.69, 9.17) is 19.9 Å². The van der Waals surface area contributed by atoms with E-state index in [-0.39, 0.29) is 0 Å². The van der Waals surface area contributed by atoms with Crippen LogP contribution in [0.15, 0.2) is 53.5 Å². The van der Waals surface area contributed by atoms with Gasteiger partial charge in [0.2, 0.25) is 0 Å². The SMILES string of the molecule is COCc1ccccc1NC(N)=NCCCOCc1ccc(OC)cc1. The number of nitrogens with two attached hydrogens (primary N) is 1. The highest BCUT2D eigenvalue weighted by Gasteiger charge is 2.02. The third-order valence-electron chi connectivity index (χ3n) is 3.74. The summed E-state index contributed by atoms with van der Waals surface area (Å²) in [5.41, 5.74) is 9.01. The Labute approximate surface area is 155 Å². The number of methoxy groups -OCH3 is 2. The van der Waals surface area contributed by atoms with E-state index < -0.39 is 0 Å². The second kappa shape index (κ2) is 11.1. The van der Waals surface area contributed by atoms with Crippen LogP contribution >= 0.6 is 0 Å². The molecular formula is C20H27N3O3. The molecule has 0 unspecified atom stereocenters. The van der Waals surface area contributed by atoms with Crippen molar-refractivity contribution in [1.29, 1.82) is 0 Å². The van der Waals surface area contributed by atoms with Crippen LogP contribution < -0.4 is 15.8 Å². The van der Waals surface area contributed by atoms with E-state index in [0.717, 1.165) is 29.0 Å². The molecule has 26 heavy (non-hydrogen) atoms. The van der Waals surface area contributed by atoms with Gasteiger partial charge in [-0.15, -0.1) is 0 Å².